The highest BCUT2D eigenvalue weighted by atomic mass is 19.1. The molecule has 4 nitrogen and oxygen atoms in total. The topological polar surface area (TPSA) is 39.6 Å². The summed E-state index contributed by atoms with van der Waals surface area (Å²) in [6.07, 6.45) is 1.48. The van der Waals surface area contributed by atoms with Crippen molar-refractivity contribution in [2.24, 2.45) is 0 Å². The minimum Gasteiger partial charge on any atom is -0.506 e. The van der Waals surface area contributed by atoms with Crippen LogP contribution in [-0.2, 0) is 6.54 Å². The fraction of sp³-hybridized carbons (Fsp3) is 0.312. The van der Waals surface area contributed by atoms with Gasteiger partial charge in [0.05, 0.1) is 11.9 Å². The Morgan fingerprint density at radius 1 is 1.00 bits per heavy atom. The van der Waals surface area contributed by atoms with Crippen molar-refractivity contribution in [2.45, 2.75) is 6.54 Å². The van der Waals surface area contributed by atoms with Crippen molar-refractivity contribution in [1.82, 2.24) is 9.88 Å². The summed E-state index contributed by atoms with van der Waals surface area (Å²) in [5.41, 5.74) is 2.03. The van der Waals surface area contributed by atoms with Crippen LogP contribution in [0.5, 0.6) is 5.75 Å². The van der Waals surface area contributed by atoms with Gasteiger partial charge in [-0.3, -0.25) is 9.88 Å². The average molecular weight is 287 g/mol. The molecule has 3 rings (SSSR count). The molecule has 0 radical (unpaired) electrons. The second-order valence-corrected chi connectivity index (χ2v) is 5.25. The van der Waals surface area contributed by atoms with Gasteiger partial charge in [-0.1, -0.05) is 0 Å². The fourth-order valence-electron chi connectivity index (χ4n) is 2.56. The number of halogens is 1. The highest BCUT2D eigenvalue weighted by Gasteiger charge is 2.17. The van der Waals surface area contributed by atoms with Gasteiger partial charge in [-0.25, -0.2) is 4.39 Å². The molecule has 1 fully saturated rings. The van der Waals surface area contributed by atoms with E-state index in [0.717, 1.165) is 44.1 Å². The zero-order chi connectivity index (χ0) is 14.7. The monoisotopic (exact) mass is 287 g/mol. The number of hydrogen-bond donors (Lipinski definition) is 1. The zero-order valence-corrected chi connectivity index (χ0v) is 11.7. The van der Waals surface area contributed by atoms with E-state index >= 15 is 0 Å². The summed E-state index contributed by atoms with van der Waals surface area (Å²) >= 11 is 0. The van der Waals surface area contributed by atoms with E-state index in [2.05, 4.69) is 14.8 Å². The van der Waals surface area contributed by atoms with Gasteiger partial charge in [0.1, 0.15) is 11.6 Å². The maximum absolute atomic E-state index is 12.9. The van der Waals surface area contributed by atoms with Gasteiger partial charge in [0.25, 0.3) is 0 Å². The maximum atomic E-state index is 12.9. The number of hydrogen-bond acceptors (Lipinski definition) is 4. The molecule has 5 heteroatoms. The third-order valence-electron chi connectivity index (χ3n) is 3.76. The normalized spacial score (nSPS) is 16.1. The standard InChI is InChI=1S/C16H18FN3O/c17-13-1-4-15(5-2-13)20-9-7-19(8-10-20)12-14-3-6-16(21)11-18-14/h1-6,11,21H,7-10,12H2. The number of aromatic nitrogens is 1. The number of piperazine rings is 1. The molecule has 0 aliphatic carbocycles. The Morgan fingerprint density at radius 2 is 1.71 bits per heavy atom. The van der Waals surface area contributed by atoms with Crippen molar-refractivity contribution in [3.63, 3.8) is 0 Å². The van der Waals surface area contributed by atoms with Crippen LogP contribution >= 0.6 is 0 Å². The summed E-state index contributed by atoms with van der Waals surface area (Å²) < 4.78 is 12.9. The molecule has 0 amide bonds. The maximum Gasteiger partial charge on any atom is 0.133 e. The van der Waals surface area contributed by atoms with Crippen molar-refractivity contribution >= 4 is 5.69 Å². The Hall–Kier alpha value is -2.14. The molecule has 0 bridgehead atoms. The predicted molar refractivity (Wildman–Crippen MR) is 79.8 cm³/mol. The number of pyridine rings is 1. The van der Waals surface area contributed by atoms with Gasteiger partial charge in [0.15, 0.2) is 0 Å². The Balaban J connectivity index is 1.55. The molecule has 2 heterocycles. The van der Waals surface area contributed by atoms with Gasteiger partial charge in [-0.05, 0) is 36.4 Å². The van der Waals surface area contributed by atoms with Crippen LogP contribution in [0.1, 0.15) is 5.69 Å². The molecule has 1 aliphatic rings. The van der Waals surface area contributed by atoms with E-state index in [4.69, 9.17) is 0 Å². The second-order valence-electron chi connectivity index (χ2n) is 5.25. The fourth-order valence-corrected chi connectivity index (χ4v) is 2.56. The molecule has 0 saturated carbocycles. The number of aromatic hydroxyl groups is 1. The van der Waals surface area contributed by atoms with Gasteiger partial charge in [0, 0.05) is 38.4 Å². The summed E-state index contributed by atoms with van der Waals surface area (Å²) in [5.74, 6) is -0.00401. The summed E-state index contributed by atoms with van der Waals surface area (Å²) in [4.78, 5) is 8.81. The first-order chi connectivity index (χ1) is 10.2. The Morgan fingerprint density at radius 3 is 2.33 bits per heavy atom. The highest BCUT2D eigenvalue weighted by molar-refractivity contribution is 5.46. The first-order valence-corrected chi connectivity index (χ1v) is 7.07. The van der Waals surface area contributed by atoms with Gasteiger partial charge in [-0.15, -0.1) is 0 Å². The lowest BCUT2D eigenvalue weighted by molar-refractivity contribution is 0.247. The Kier molecular flexibility index (Phi) is 4.01. The molecule has 2 aromatic rings. The van der Waals surface area contributed by atoms with Crippen LogP contribution in [0, 0.1) is 5.82 Å². The van der Waals surface area contributed by atoms with Crippen LogP contribution in [0.3, 0.4) is 0 Å². The van der Waals surface area contributed by atoms with Crippen molar-refractivity contribution in [2.75, 3.05) is 31.1 Å². The SMILES string of the molecule is Oc1ccc(CN2CCN(c3ccc(F)cc3)CC2)nc1. The summed E-state index contributed by atoms with van der Waals surface area (Å²) in [6.45, 7) is 4.52. The quantitative estimate of drug-likeness (QED) is 0.940. The van der Waals surface area contributed by atoms with Crippen LogP contribution < -0.4 is 4.90 Å². The van der Waals surface area contributed by atoms with Crippen LogP contribution in [0.2, 0.25) is 0 Å². The number of rotatable bonds is 3. The number of nitrogens with zero attached hydrogens (tertiary/aromatic N) is 3. The molecular weight excluding hydrogens is 269 g/mol. The second kappa shape index (κ2) is 6.10. The number of anilines is 1. The van der Waals surface area contributed by atoms with Crippen molar-refractivity contribution in [3.05, 3.63) is 54.1 Å². The zero-order valence-electron chi connectivity index (χ0n) is 11.7. The van der Waals surface area contributed by atoms with Crippen LogP contribution in [0.25, 0.3) is 0 Å². The molecule has 21 heavy (non-hydrogen) atoms. The van der Waals surface area contributed by atoms with E-state index in [1.807, 2.05) is 18.2 Å². The molecule has 0 atom stereocenters. The van der Waals surface area contributed by atoms with Crippen molar-refractivity contribution in [3.8, 4) is 5.75 Å². The van der Waals surface area contributed by atoms with E-state index in [1.54, 1.807) is 6.07 Å². The van der Waals surface area contributed by atoms with E-state index < -0.39 is 0 Å². The van der Waals surface area contributed by atoms with Crippen molar-refractivity contribution in [1.29, 1.82) is 0 Å². The largest absolute Gasteiger partial charge is 0.506 e. The van der Waals surface area contributed by atoms with Gasteiger partial charge < -0.3 is 10.0 Å². The molecule has 1 aromatic heterocycles. The third kappa shape index (κ3) is 3.49. The van der Waals surface area contributed by atoms with E-state index in [0.29, 0.717) is 0 Å². The van der Waals surface area contributed by atoms with Gasteiger partial charge >= 0.3 is 0 Å². The van der Waals surface area contributed by atoms with Gasteiger partial charge in [0.2, 0.25) is 0 Å². The third-order valence-corrected chi connectivity index (χ3v) is 3.76. The first kappa shape index (κ1) is 13.8. The molecule has 1 aromatic carbocycles. The Labute approximate surface area is 123 Å². The van der Waals surface area contributed by atoms with Gasteiger partial charge in [-0.2, -0.15) is 0 Å². The Bertz CT molecular complexity index is 577. The van der Waals surface area contributed by atoms with Crippen LogP contribution in [-0.4, -0.2) is 41.2 Å². The molecular formula is C16H18FN3O. The average Bonchev–Trinajstić information content (AvgIpc) is 2.51. The van der Waals surface area contributed by atoms with E-state index in [9.17, 15) is 9.50 Å². The predicted octanol–water partition coefficient (Wildman–Crippen LogP) is 2.25. The summed E-state index contributed by atoms with van der Waals surface area (Å²) in [7, 11) is 0. The van der Waals surface area contributed by atoms with E-state index in [-0.39, 0.29) is 11.6 Å². The van der Waals surface area contributed by atoms with Crippen molar-refractivity contribution < 1.29 is 9.50 Å². The number of benzene rings is 1. The molecule has 0 unspecified atom stereocenters. The molecule has 0 spiro atoms. The van der Waals surface area contributed by atoms with E-state index in [1.165, 1.54) is 18.3 Å². The summed E-state index contributed by atoms with van der Waals surface area (Å²) in [6, 6.07) is 10.2. The first-order valence-electron chi connectivity index (χ1n) is 7.07. The van der Waals surface area contributed by atoms with Crippen LogP contribution in [0.15, 0.2) is 42.6 Å². The van der Waals surface area contributed by atoms with Crippen LogP contribution in [0.4, 0.5) is 10.1 Å². The summed E-state index contributed by atoms with van der Waals surface area (Å²) in [5, 5.41) is 9.23. The minimum absolute atomic E-state index is 0.194. The lowest BCUT2D eigenvalue weighted by Crippen LogP contribution is -2.46. The molecule has 1 saturated heterocycles. The molecule has 110 valence electrons. The molecule has 1 N–H and O–H groups in total. The lowest BCUT2D eigenvalue weighted by atomic mass is 10.2. The minimum atomic E-state index is -0.198. The highest BCUT2D eigenvalue weighted by Crippen LogP contribution is 2.17. The molecule has 1 aliphatic heterocycles. The smallest absolute Gasteiger partial charge is 0.133 e. The lowest BCUT2D eigenvalue weighted by Gasteiger charge is -2.35.